The van der Waals surface area contributed by atoms with Crippen LogP contribution in [-0.2, 0) is 0 Å². The lowest BCUT2D eigenvalue weighted by molar-refractivity contribution is 0.163. The summed E-state index contributed by atoms with van der Waals surface area (Å²) in [5.41, 5.74) is 1.33. The molecule has 1 unspecified atom stereocenters. The average Bonchev–Trinajstić information content (AvgIpc) is 2.93. The SMILES string of the molecule is CC1CCCN1C1CCN(c2ccc(F)cc2C#N)CC1. The highest BCUT2D eigenvalue weighted by Crippen LogP contribution is 2.29. The van der Waals surface area contributed by atoms with Gasteiger partial charge in [0.05, 0.1) is 11.3 Å². The van der Waals surface area contributed by atoms with Gasteiger partial charge < -0.3 is 4.90 Å². The van der Waals surface area contributed by atoms with Gasteiger partial charge in [0.2, 0.25) is 0 Å². The van der Waals surface area contributed by atoms with Crippen LogP contribution in [0.4, 0.5) is 10.1 Å². The van der Waals surface area contributed by atoms with Gasteiger partial charge in [-0.15, -0.1) is 0 Å². The Morgan fingerprint density at radius 3 is 2.57 bits per heavy atom. The first-order valence-electron chi connectivity index (χ1n) is 7.89. The second kappa shape index (κ2) is 6.03. The summed E-state index contributed by atoms with van der Waals surface area (Å²) in [5.74, 6) is -0.337. The van der Waals surface area contributed by atoms with Crippen molar-refractivity contribution < 1.29 is 4.39 Å². The van der Waals surface area contributed by atoms with Crippen molar-refractivity contribution in [3.05, 3.63) is 29.6 Å². The van der Waals surface area contributed by atoms with Crippen LogP contribution < -0.4 is 4.90 Å². The van der Waals surface area contributed by atoms with Crippen molar-refractivity contribution in [3.8, 4) is 6.07 Å². The van der Waals surface area contributed by atoms with E-state index in [9.17, 15) is 9.65 Å². The lowest BCUT2D eigenvalue weighted by atomic mass is 10.0. The largest absolute Gasteiger partial charge is 0.370 e. The fraction of sp³-hybridized carbons (Fsp3) is 0.588. The molecule has 0 spiro atoms. The molecule has 2 fully saturated rings. The van der Waals surface area contributed by atoms with Crippen LogP contribution in [0.3, 0.4) is 0 Å². The van der Waals surface area contributed by atoms with Crippen molar-refractivity contribution in [1.29, 1.82) is 5.26 Å². The Morgan fingerprint density at radius 2 is 1.95 bits per heavy atom. The van der Waals surface area contributed by atoms with E-state index in [0.717, 1.165) is 31.6 Å². The number of likely N-dealkylation sites (tertiary alicyclic amines) is 1. The molecule has 0 aromatic heterocycles. The summed E-state index contributed by atoms with van der Waals surface area (Å²) in [5, 5.41) is 9.18. The summed E-state index contributed by atoms with van der Waals surface area (Å²) in [6.45, 7) is 5.46. The lowest BCUT2D eigenvalue weighted by Crippen LogP contribution is -2.46. The van der Waals surface area contributed by atoms with E-state index in [0.29, 0.717) is 17.6 Å². The second-order valence-corrected chi connectivity index (χ2v) is 6.22. The van der Waals surface area contributed by atoms with E-state index in [1.165, 1.54) is 31.5 Å². The van der Waals surface area contributed by atoms with Crippen molar-refractivity contribution in [2.75, 3.05) is 24.5 Å². The molecule has 3 nitrogen and oxygen atoms in total. The molecule has 0 N–H and O–H groups in total. The van der Waals surface area contributed by atoms with Gasteiger partial charge in [0.15, 0.2) is 0 Å². The monoisotopic (exact) mass is 287 g/mol. The van der Waals surface area contributed by atoms with Gasteiger partial charge in [0, 0.05) is 25.2 Å². The fourth-order valence-electron chi connectivity index (χ4n) is 3.81. The first-order valence-corrected chi connectivity index (χ1v) is 7.89. The minimum absolute atomic E-state index is 0.337. The molecule has 0 saturated carbocycles. The third-order valence-corrected chi connectivity index (χ3v) is 4.96. The molecule has 0 bridgehead atoms. The number of benzene rings is 1. The van der Waals surface area contributed by atoms with Gasteiger partial charge >= 0.3 is 0 Å². The predicted octanol–water partition coefficient (Wildman–Crippen LogP) is 3.15. The van der Waals surface area contributed by atoms with Crippen molar-refractivity contribution in [2.24, 2.45) is 0 Å². The smallest absolute Gasteiger partial charge is 0.124 e. The molecule has 2 aliphatic heterocycles. The summed E-state index contributed by atoms with van der Waals surface area (Å²) in [6.07, 6.45) is 4.90. The van der Waals surface area contributed by atoms with Gasteiger partial charge in [0.1, 0.15) is 11.9 Å². The van der Waals surface area contributed by atoms with Crippen molar-refractivity contribution in [2.45, 2.75) is 44.7 Å². The molecule has 1 aromatic rings. The molecule has 4 heteroatoms. The number of hydrogen-bond donors (Lipinski definition) is 0. The van der Waals surface area contributed by atoms with Crippen molar-refractivity contribution in [3.63, 3.8) is 0 Å². The van der Waals surface area contributed by atoms with E-state index in [1.807, 2.05) is 0 Å². The molecule has 3 rings (SSSR count). The maximum absolute atomic E-state index is 13.2. The van der Waals surface area contributed by atoms with Crippen LogP contribution in [0.2, 0.25) is 0 Å². The maximum Gasteiger partial charge on any atom is 0.124 e. The zero-order valence-electron chi connectivity index (χ0n) is 12.6. The van der Waals surface area contributed by atoms with Gasteiger partial charge in [-0.05, 0) is 57.4 Å². The molecule has 21 heavy (non-hydrogen) atoms. The third-order valence-electron chi connectivity index (χ3n) is 4.96. The number of nitriles is 1. The van der Waals surface area contributed by atoms with Crippen LogP contribution in [0.15, 0.2) is 18.2 Å². The van der Waals surface area contributed by atoms with E-state index < -0.39 is 0 Å². The van der Waals surface area contributed by atoms with E-state index in [4.69, 9.17) is 0 Å². The summed E-state index contributed by atoms with van der Waals surface area (Å²) in [4.78, 5) is 4.88. The highest BCUT2D eigenvalue weighted by molar-refractivity contribution is 5.59. The second-order valence-electron chi connectivity index (χ2n) is 6.22. The topological polar surface area (TPSA) is 30.3 Å². The molecule has 0 amide bonds. The molecule has 1 aromatic carbocycles. The van der Waals surface area contributed by atoms with E-state index >= 15 is 0 Å². The Labute approximate surface area is 126 Å². The van der Waals surface area contributed by atoms with Crippen LogP contribution >= 0.6 is 0 Å². The Bertz CT molecular complexity index is 543. The van der Waals surface area contributed by atoms with Crippen LogP contribution in [0, 0.1) is 17.1 Å². The van der Waals surface area contributed by atoms with Crippen LogP contribution in [0.25, 0.3) is 0 Å². The number of nitrogens with zero attached hydrogens (tertiary/aromatic N) is 3. The number of piperidine rings is 1. The normalized spacial score (nSPS) is 24.2. The molecular formula is C17H22FN3. The molecule has 112 valence electrons. The predicted molar refractivity (Wildman–Crippen MR) is 81.8 cm³/mol. The fourth-order valence-corrected chi connectivity index (χ4v) is 3.81. The zero-order valence-corrected chi connectivity index (χ0v) is 12.6. The average molecular weight is 287 g/mol. The molecule has 0 radical (unpaired) electrons. The molecule has 1 atom stereocenters. The molecule has 0 aliphatic carbocycles. The third kappa shape index (κ3) is 2.89. The summed E-state index contributed by atoms with van der Waals surface area (Å²) in [6, 6.07) is 8.03. The Hall–Kier alpha value is -1.60. The molecule has 2 saturated heterocycles. The molecular weight excluding hydrogens is 265 g/mol. The van der Waals surface area contributed by atoms with Crippen LogP contribution in [-0.4, -0.2) is 36.6 Å². The maximum atomic E-state index is 13.2. The zero-order chi connectivity index (χ0) is 14.8. The molecule has 2 heterocycles. The minimum atomic E-state index is -0.337. The van der Waals surface area contributed by atoms with Crippen molar-refractivity contribution in [1.82, 2.24) is 4.90 Å². The molecule has 2 aliphatic rings. The highest BCUT2D eigenvalue weighted by Gasteiger charge is 2.30. The number of rotatable bonds is 2. The number of anilines is 1. The standard InChI is InChI=1S/C17H22FN3/c1-13-3-2-8-21(13)16-6-9-20(10-7-16)17-5-4-15(18)11-14(17)12-19/h4-5,11,13,16H,2-3,6-10H2,1H3. The highest BCUT2D eigenvalue weighted by atomic mass is 19.1. The van der Waals surface area contributed by atoms with Crippen molar-refractivity contribution >= 4 is 5.69 Å². The van der Waals surface area contributed by atoms with Gasteiger partial charge in [-0.1, -0.05) is 0 Å². The first kappa shape index (κ1) is 14.3. The number of halogens is 1. The Balaban J connectivity index is 1.67. The Kier molecular flexibility index (Phi) is 4.12. The minimum Gasteiger partial charge on any atom is -0.370 e. The van der Waals surface area contributed by atoms with Gasteiger partial charge in [-0.2, -0.15) is 5.26 Å². The first-order chi connectivity index (χ1) is 10.2. The van der Waals surface area contributed by atoms with Crippen LogP contribution in [0.5, 0.6) is 0 Å². The Morgan fingerprint density at radius 1 is 1.19 bits per heavy atom. The van der Waals surface area contributed by atoms with E-state index in [1.54, 1.807) is 6.07 Å². The van der Waals surface area contributed by atoms with Gasteiger partial charge in [-0.3, -0.25) is 4.90 Å². The van der Waals surface area contributed by atoms with Gasteiger partial charge in [-0.25, -0.2) is 4.39 Å². The lowest BCUT2D eigenvalue weighted by Gasteiger charge is -2.39. The number of hydrogen-bond acceptors (Lipinski definition) is 3. The quantitative estimate of drug-likeness (QED) is 0.837. The summed E-state index contributed by atoms with van der Waals surface area (Å²) in [7, 11) is 0. The summed E-state index contributed by atoms with van der Waals surface area (Å²) >= 11 is 0. The van der Waals surface area contributed by atoms with Crippen LogP contribution in [0.1, 0.15) is 38.2 Å². The summed E-state index contributed by atoms with van der Waals surface area (Å²) < 4.78 is 13.2. The van der Waals surface area contributed by atoms with E-state index in [2.05, 4.69) is 22.8 Å². The van der Waals surface area contributed by atoms with E-state index in [-0.39, 0.29) is 5.82 Å². The van der Waals surface area contributed by atoms with Gasteiger partial charge in [0.25, 0.3) is 0 Å².